The summed E-state index contributed by atoms with van der Waals surface area (Å²) in [6, 6.07) is 8.32. The van der Waals surface area contributed by atoms with Gasteiger partial charge in [-0.2, -0.15) is 0 Å². The van der Waals surface area contributed by atoms with Gasteiger partial charge in [-0.25, -0.2) is 0 Å². The SMILES string of the molecule is C=C1/C=C\C(C)=N/Cc2ccccc2/C=C\1. The predicted molar refractivity (Wildman–Crippen MR) is 70.6 cm³/mol. The summed E-state index contributed by atoms with van der Waals surface area (Å²) < 4.78 is 0. The first-order valence-corrected chi connectivity index (χ1v) is 5.40. The number of hydrogen-bond acceptors (Lipinski definition) is 1. The Balaban J connectivity index is 2.45. The van der Waals surface area contributed by atoms with E-state index in [9.17, 15) is 0 Å². The Labute approximate surface area is 96.5 Å². The minimum Gasteiger partial charge on any atom is -0.285 e. The fourth-order valence-electron chi connectivity index (χ4n) is 1.58. The van der Waals surface area contributed by atoms with Gasteiger partial charge in [-0.15, -0.1) is 0 Å². The van der Waals surface area contributed by atoms with E-state index in [-0.39, 0.29) is 0 Å². The number of benzene rings is 1. The highest BCUT2D eigenvalue weighted by atomic mass is 14.7. The van der Waals surface area contributed by atoms with Gasteiger partial charge in [0, 0.05) is 5.71 Å². The maximum Gasteiger partial charge on any atom is 0.0648 e. The minimum atomic E-state index is 0.739. The van der Waals surface area contributed by atoms with Crippen LogP contribution in [0.15, 0.2) is 59.6 Å². The van der Waals surface area contributed by atoms with E-state index >= 15 is 0 Å². The number of aliphatic imine (C=N–C) groups is 1. The fourth-order valence-corrected chi connectivity index (χ4v) is 1.58. The van der Waals surface area contributed by atoms with Gasteiger partial charge in [-0.1, -0.05) is 49.1 Å². The van der Waals surface area contributed by atoms with Gasteiger partial charge in [0.25, 0.3) is 0 Å². The van der Waals surface area contributed by atoms with E-state index in [0.29, 0.717) is 0 Å². The van der Waals surface area contributed by atoms with Crippen LogP contribution < -0.4 is 0 Å². The molecule has 0 aliphatic carbocycles. The van der Waals surface area contributed by atoms with Gasteiger partial charge in [0.05, 0.1) is 6.54 Å². The molecule has 0 saturated carbocycles. The van der Waals surface area contributed by atoms with Crippen LogP contribution in [0.25, 0.3) is 6.08 Å². The molecule has 1 nitrogen and oxygen atoms in total. The summed E-state index contributed by atoms with van der Waals surface area (Å²) >= 11 is 0. The molecule has 1 heteroatoms. The molecule has 1 aliphatic rings. The normalized spacial score (nSPS) is 22.8. The molecule has 0 bridgehead atoms. The molecule has 1 aromatic carbocycles. The molecule has 0 unspecified atom stereocenters. The third-order valence-electron chi connectivity index (χ3n) is 2.57. The second-order valence-electron chi connectivity index (χ2n) is 3.90. The highest BCUT2D eigenvalue weighted by Crippen LogP contribution is 2.14. The lowest BCUT2D eigenvalue weighted by molar-refractivity contribution is 1.06. The molecule has 0 aromatic heterocycles. The van der Waals surface area contributed by atoms with Crippen LogP contribution in [0.5, 0.6) is 0 Å². The lowest BCUT2D eigenvalue weighted by Crippen LogP contribution is -1.92. The Morgan fingerprint density at radius 3 is 2.69 bits per heavy atom. The lowest BCUT2D eigenvalue weighted by Gasteiger charge is -2.05. The summed E-state index contributed by atoms with van der Waals surface area (Å²) in [5.74, 6) is 0. The fraction of sp³-hybridized carbons (Fsp3) is 0.133. The molecule has 1 heterocycles. The Hall–Kier alpha value is -1.89. The van der Waals surface area contributed by atoms with Crippen molar-refractivity contribution in [1.82, 2.24) is 0 Å². The van der Waals surface area contributed by atoms with Crippen molar-refractivity contribution in [2.45, 2.75) is 13.5 Å². The highest BCUT2D eigenvalue weighted by Gasteiger charge is 1.98. The third-order valence-corrected chi connectivity index (χ3v) is 2.57. The minimum absolute atomic E-state index is 0.739. The Bertz CT molecular complexity index is 486. The van der Waals surface area contributed by atoms with Crippen LogP contribution in [0.1, 0.15) is 18.1 Å². The zero-order valence-corrected chi connectivity index (χ0v) is 9.48. The summed E-state index contributed by atoms with van der Waals surface area (Å²) in [6.07, 6.45) is 8.12. The summed E-state index contributed by atoms with van der Waals surface area (Å²) in [5.41, 5.74) is 4.49. The van der Waals surface area contributed by atoms with Gasteiger partial charge >= 0.3 is 0 Å². The molecule has 2 rings (SSSR count). The molecule has 0 atom stereocenters. The quantitative estimate of drug-likeness (QED) is 0.616. The molecule has 0 amide bonds. The van der Waals surface area contributed by atoms with Gasteiger partial charge in [0.1, 0.15) is 0 Å². The number of allylic oxidation sites excluding steroid dienone is 4. The second-order valence-corrected chi connectivity index (χ2v) is 3.90. The van der Waals surface area contributed by atoms with E-state index in [4.69, 9.17) is 0 Å². The topological polar surface area (TPSA) is 12.4 Å². The number of nitrogens with zero attached hydrogens (tertiary/aromatic N) is 1. The van der Waals surface area contributed by atoms with Gasteiger partial charge < -0.3 is 0 Å². The average molecular weight is 209 g/mol. The van der Waals surface area contributed by atoms with Crippen molar-refractivity contribution in [3.63, 3.8) is 0 Å². The first-order chi connectivity index (χ1) is 7.75. The van der Waals surface area contributed by atoms with Gasteiger partial charge in [0.15, 0.2) is 0 Å². The second kappa shape index (κ2) is 4.75. The highest BCUT2D eigenvalue weighted by molar-refractivity contribution is 5.93. The molecular weight excluding hydrogens is 194 g/mol. The van der Waals surface area contributed by atoms with E-state index in [1.165, 1.54) is 11.1 Å². The van der Waals surface area contributed by atoms with E-state index in [1.54, 1.807) is 0 Å². The molecule has 1 aromatic rings. The molecule has 0 spiro atoms. The van der Waals surface area contributed by atoms with Crippen molar-refractivity contribution >= 4 is 11.8 Å². The molecule has 0 radical (unpaired) electrons. The maximum atomic E-state index is 4.52. The average Bonchev–Trinajstić information content (AvgIpc) is 2.31. The van der Waals surface area contributed by atoms with Crippen LogP contribution in [0, 0.1) is 0 Å². The number of hydrogen-bond donors (Lipinski definition) is 0. The van der Waals surface area contributed by atoms with Crippen LogP contribution in [-0.2, 0) is 6.54 Å². The van der Waals surface area contributed by atoms with Crippen LogP contribution in [-0.4, -0.2) is 5.71 Å². The molecule has 1 aliphatic heterocycles. The Morgan fingerprint density at radius 2 is 1.81 bits per heavy atom. The van der Waals surface area contributed by atoms with Crippen LogP contribution in [0.3, 0.4) is 0 Å². The molecule has 0 N–H and O–H groups in total. The van der Waals surface area contributed by atoms with Crippen LogP contribution >= 0.6 is 0 Å². The van der Waals surface area contributed by atoms with E-state index < -0.39 is 0 Å². The van der Waals surface area contributed by atoms with Gasteiger partial charge in [0.2, 0.25) is 0 Å². The summed E-state index contributed by atoms with van der Waals surface area (Å²) in [7, 11) is 0. The van der Waals surface area contributed by atoms with Crippen molar-refractivity contribution in [2.24, 2.45) is 4.99 Å². The predicted octanol–water partition coefficient (Wildman–Crippen LogP) is 3.79. The Morgan fingerprint density at radius 1 is 1.06 bits per heavy atom. The van der Waals surface area contributed by atoms with Crippen LogP contribution in [0.4, 0.5) is 0 Å². The van der Waals surface area contributed by atoms with E-state index in [0.717, 1.165) is 17.8 Å². The van der Waals surface area contributed by atoms with Crippen molar-refractivity contribution in [3.05, 3.63) is 65.8 Å². The monoisotopic (exact) mass is 209 g/mol. The first-order valence-electron chi connectivity index (χ1n) is 5.40. The van der Waals surface area contributed by atoms with Crippen LogP contribution in [0.2, 0.25) is 0 Å². The van der Waals surface area contributed by atoms with E-state index in [1.807, 2.05) is 37.3 Å². The molecular formula is C15H15N. The Kier molecular flexibility index (Phi) is 3.16. The maximum absolute atomic E-state index is 4.52. The largest absolute Gasteiger partial charge is 0.285 e. The molecule has 80 valence electrons. The zero-order valence-electron chi connectivity index (χ0n) is 9.48. The summed E-state index contributed by atoms with van der Waals surface area (Å²) in [5, 5.41) is 0. The lowest BCUT2D eigenvalue weighted by atomic mass is 10.1. The van der Waals surface area contributed by atoms with Gasteiger partial charge in [-0.05, 0) is 29.7 Å². The molecule has 16 heavy (non-hydrogen) atoms. The molecule has 0 fully saturated rings. The zero-order chi connectivity index (χ0) is 11.4. The first kappa shape index (κ1) is 10.6. The van der Waals surface area contributed by atoms with Crippen molar-refractivity contribution in [3.8, 4) is 0 Å². The van der Waals surface area contributed by atoms with Crippen molar-refractivity contribution in [2.75, 3.05) is 0 Å². The summed E-state index contributed by atoms with van der Waals surface area (Å²) in [4.78, 5) is 4.52. The van der Waals surface area contributed by atoms with Gasteiger partial charge in [-0.3, -0.25) is 4.99 Å². The third kappa shape index (κ3) is 2.57. The molecule has 0 saturated heterocycles. The van der Waals surface area contributed by atoms with Crippen molar-refractivity contribution in [1.29, 1.82) is 0 Å². The summed E-state index contributed by atoms with van der Waals surface area (Å²) in [6.45, 7) is 6.72. The van der Waals surface area contributed by atoms with Crippen molar-refractivity contribution < 1.29 is 0 Å². The standard InChI is InChI=1S/C15H15N/c1-12-7-9-13(2)16-11-15-6-4-3-5-14(15)10-8-12/h3-10H,1,11H2,2H3/b9-7-,10-8-,16-13-. The number of rotatable bonds is 0. The smallest absolute Gasteiger partial charge is 0.0648 e. The van der Waals surface area contributed by atoms with E-state index in [2.05, 4.69) is 29.8 Å². The number of fused-ring (bicyclic) bond motifs is 1.